The van der Waals surface area contributed by atoms with Gasteiger partial charge in [0.25, 0.3) is 0 Å². The Morgan fingerprint density at radius 3 is 2.87 bits per heavy atom. The molecule has 2 aliphatic rings. The molecule has 2 aliphatic heterocycles. The molecule has 0 aliphatic carbocycles. The van der Waals surface area contributed by atoms with Crippen LogP contribution in [0.2, 0.25) is 0 Å². The van der Waals surface area contributed by atoms with E-state index in [1.165, 1.54) is 6.33 Å². The fourth-order valence-corrected chi connectivity index (χ4v) is 3.94. The second-order valence-electron chi connectivity index (χ2n) is 6.88. The Balaban J connectivity index is 1.68. The van der Waals surface area contributed by atoms with Crippen LogP contribution in [0, 0.1) is 0 Å². The third-order valence-corrected chi connectivity index (χ3v) is 5.18. The lowest BCUT2D eigenvalue weighted by atomic mass is 9.76. The topological polar surface area (TPSA) is 111 Å². The summed E-state index contributed by atoms with van der Waals surface area (Å²) in [5, 5.41) is 14.5. The van der Waals surface area contributed by atoms with E-state index in [0.29, 0.717) is 30.0 Å². The van der Waals surface area contributed by atoms with Gasteiger partial charge in [-0.15, -0.1) is 0 Å². The van der Waals surface area contributed by atoms with Crippen LogP contribution in [0.4, 0.5) is 5.82 Å². The highest BCUT2D eigenvalue weighted by Crippen LogP contribution is 2.43. The molecule has 1 spiro atoms. The zero-order valence-corrected chi connectivity index (χ0v) is 13.2. The molecule has 2 aromatic heterocycles. The number of nitrogens with two attached hydrogens (primary N) is 1. The average molecular weight is 318 g/mol. The molecule has 4 rings (SSSR count). The fourth-order valence-electron chi connectivity index (χ4n) is 3.94. The van der Waals surface area contributed by atoms with Gasteiger partial charge in [0.1, 0.15) is 11.8 Å². The molecule has 0 unspecified atom stereocenters. The summed E-state index contributed by atoms with van der Waals surface area (Å²) >= 11 is 0. The number of nitrogen functional groups attached to an aromatic ring is 1. The quantitative estimate of drug-likeness (QED) is 0.691. The number of aliphatic hydroxyl groups is 1. The van der Waals surface area contributed by atoms with Crippen molar-refractivity contribution in [2.45, 2.75) is 43.4 Å². The summed E-state index contributed by atoms with van der Waals surface area (Å²) in [6.07, 6.45) is 5.54. The van der Waals surface area contributed by atoms with Gasteiger partial charge in [0.2, 0.25) is 0 Å². The second-order valence-corrected chi connectivity index (χ2v) is 6.88. The molecular formula is C15H22N6O2. The Bertz CT molecular complexity index is 722. The number of ether oxygens (including phenoxy) is 1. The van der Waals surface area contributed by atoms with E-state index in [4.69, 9.17) is 10.5 Å². The minimum atomic E-state index is -0.900. The van der Waals surface area contributed by atoms with Gasteiger partial charge in [-0.1, -0.05) is 0 Å². The average Bonchev–Trinajstić information content (AvgIpc) is 2.92. The molecule has 2 atom stereocenters. The summed E-state index contributed by atoms with van der Waals surface area (Å²) < 4.78 is 8.10. The lowest BCUT2D eigenvalue weighted by Gasteiger charge is -2.50. The molecule has 2 fully saturated rings. The predicted molar refractivity (Wildman–Crippen MR) is 84.8 cm³/mol. The van der Waals surface area contributed by atoms with E-state index < -0.39 is 5.60 Å². The predicted octanol–water partition coefficient (Wildman–Crippen LogP) is 0.243. The van der Waals surface area contributed by atoms with Crippen LogP contribution in [-0.4, -0.2) is 55.5 Å². The highest BCUT2D eigenvalue weighted by molar-refractivity contribution is 5.81. The van der Waals surface area contributed by atoms with Crippen molar-refractivity contribution in [3.8, 4) is 0 Å². The number of anilines is 1. The zero-order valence-electron chi connectivity index (χ0n) is 13.2. The maximum Gasteiger partial charge on any atom is 0.165 e. The van der Waals surface area contributed by atoms with Crippen molar-refractivity contribution in [2.24, 2.45) is 0 Å². The van der Waals surface area contributed by atoms with Crippen molar-refractivity contribution in [1.29, 1.82) is 0 Å². The monoisotopic (exact) mass is 318 g/mol. The third kappa shape index (κ3) is 2.37. The summed E-state index contributed by atoms with van der Waals surface area (Å²) in [4.78, 5) is 12.5. The molecule has 8 heteroatoms. The van der Waals surface area contributed by atoms with Gasteiger partial charge >= 0.3 is 0 Å². The van der Waals surface area contributed by atoms with Gasteiger partial charge in [0.15, 0.2) is 11.5 Å². The smallest absolute Gasteiger partial charge is 0.165 e. The Kier molecular flexibility index (Phi) is 3.29. The van der Waals surface area contributed by atoms with Gasteiger partial charge in [0, 0.05) is 6.42 Å². The van der Waals surface area contributed by atoms with E-state index in [9.17, 15) is 5.11 Å². The Morgan fingerprint density at radius 1 is 1.35 bits per heavy atom. The molecule has 0 amide bonds. The maximum atomic E-state index is 11.1. The van der Waals surface area contributed by atoms with Crippen LogP contribution < -0.4 is 11.1 Å². The normalized spacial score (nSPS) is 30.8. The van der Waals surface area contributed by atoms with Crippen LogP contribution in [-0.2, 0) is 4.74 Å². The Hall–Kier alpha value is -1.77. The summed E-state index contributed by atoms with van der Waals surface area (Å²) in [6.45, 7) is 4.17. The number of imidazole rings is 1. The lowest BCUT2D eigenvalue weighted by molar-refractivity contribution is -0.189. The zero-order chi connectivity index (χ0) is 16.1. The van der Waals surface area contributed by atoms with Gasteiger partial charge in [-0.3, -0.25) is 0 Å². The molecule has 2 aromatic rings. The molecule has 0 saturated carbocycles. The fraction of sp³-hybridized carbons (Fsp3) is 0.667. The van der Waals surface area contributed by atoms with Crippen LogP contribution in [0.5, 0.6) is 0 Å². The molecule has 124 valence electrons. The molecule has 23 heavy (non-hydrogen) atoms. The van der Waals surface area contributed by atoms with E-state index in [1.807, 2.05) is 11.5 Å². The molecule has 0 aromatic carbocycles. The van der Waals surface area contributed by atoms with Gasteiger partial charge in [0.05, 0.1) is 30.2 Å². The van der Waals surface area contributed by atoms with E-state index in [1.54, 1.807) is 6.33 Å². The second kappa shape index (κ2) is 5.12. The summed E-state index contributed by atoms with van der Waals surface area (Å²) in [6, 6.07) is -0.248. The van der Waals surface area contributed by atoms with Crippen molar-refractivity contribution in [1.82, 2.24) is 24.8 Å². The number of hydrogen-bond donors (Lipinski definition) is 3. The standard InChI is InChI=1S/C15H22N6O2/c1-14(22)7-15(2-4-17-5-3-15)23-6-10(14)21-9-20-11-12(16)18-8-19-13(11)21/h8-10,17,22H,2-7H2,1H3,(H2,16,18,19)/t10-,14-/m1/s1. The number of aromatic nitrogens is 4. The van der Waals surface area contributed by atoms with Crippen molar-refractivity contribution in [3.05, 3.63) is 12.7 Å². The summed E-state index contributed by atoms with van der Waals surface area (Å²) in [5.41, 5.74) is 5.92. The maximum absolute atomic E-state index is 11.1. The number of nitrogens with zero attached hydrogens (tertiary/aromatic N) is 4. The summed E-state index contributed by atoms with van der Waals surface area (Å²) in [5.74, 6) is 0.347. The van der Waals surface area contributed by atoms with E-state index in [-0.39, 0.29) is 11.6 Å². The van der Waals surface area contributed by atoms with Crippen LogP contribution in [0.1, 0.15) is 32.2 Å². The van der Waals surface area contributed by atoms with Crippen LogP contribution >= 0.6 is 0 Å². The lowest BCUT2D eigenvalue weighted by Crippen LogP contribution is -2.56. The first kappa shape index (κ1) is 14.8. The number of nitrogens with one attached hydrogen (secondary N) is 1. The van der Waals surface area contributed by atoms with E-state index in [2.05, 4.69) is 20.3 Å². The van der Waals surface area contributed by atoms with Gasteiger partial charge in [-0.05, 0) is 32.9 Å². The van der Waals surface area contributed by atoms with Crippen molar-refractivity contribution in [2.75, 3.05) is 25.4 Å². The number of rotatable bonds is 1. The van der Waals surface area contributed by atoms with Crippen LogP contribution in [0.3, 0.4) is 0 Å². The minimum absolute atomic E-state index is 0.227. The highest BCUT2D eigenvalue weighted by atomic mass is 16.5. The molecule has 8 nitrogen and oxygen atoms in total. The first-order chi connectivity index (χ1) is 11.0. The number of hydrogen-bond acceptors (Lipinski definition) is 7. The van der Waals surface area contributed by atoms with Crippen LogP contribution in [0.15, 0.2) is 12.7 Å². The van der Waals surface area contributed by atoms with E-state index >= 15 is 0 Å². The van der Waals surface area contributed by atoms with Gasteiger partial charge in [-0.25, -0.2) is 15.0 Å². The van der Waals surface area contributed by atoms with Gasteiger partial charge in [-0.2, -0.15) is 0 Å². The number of fused-ring (bicyclic) bond motifs is 1. The molecule has 4 heterocycles. The summed E-state index contributed by atoms with van der Waals surface area (Å²) in [7, 11) is 0. The first-order valence-corrected chi connectivity index (χ1v) is 8.01. The van der Waals surface area contributed by atoms with Crippen molar-refractivity contribution in [3.63, 3.8) is 0 Å². The van der Waals surface area contributed by atoms with Gasteiger partial charge < -0.3 is 25.5 Å². The molecule has 0 radical (unpaired) electrons. The molecule has 0 bridgehead atoms. The third-order valence-electron chi connectivity index (χ3n) is 5.18. The Morgan fingerprint density at radius 2 is 2.13 bits per heavy atom. The Labute approximate surface area is 134 Å². The first-order valence-electron chi connectivity index (χ1n) is 8.01. The molecular weight excluding hydrogens is 296 g/mol. The molecule has 2 saturated heterocycles. The van der Waals surface area contributed by atoms with Crippen molar-refractivity contribution < 1.29 is 9.84 Å². The highest BCUT2D eigenvalue weighted by Gasteiger charge is 2.49. The largest absolute Gasteiger partial charge is 0.388 e. The number of piperidine rings is 1. The molecule has 4 N–H and O–H groups in total. The van der Waals surface area contributed by atoms with Crippen LogP contribution in [0.25, 0.3) is 11.2 Å². The van der Waals surface area contributed by atoms with E-state index in [0.717, 1.165) is 25.9 Å². The minimum Gasteiger partial charge on any atom is -0.388 e. The van der Waals surface area contributed by atoms with Crippen molar-refractivity contribution >= 4 is 17.0 Å². The SMILES string of the molecule is C[C@@]1(O)CC2(CCNCC2)OC[C@H]1n1cnc2c(N)ncnc21.